The normalized spacial score (nSPS) is 15.3. The number of hydrogen-bond donors (Lipinski definition) is 0. The zero-order valence-electron chi connectivity index (χ0n) is 7.01. The zero-order chi connectivity index (χ0) is 11.7. The smallest absolute Gasteiger partial charge is 0.291 e. The standard InChI is InChI=1S/C7H5F6NO/c8-5(15-7(11,12)13)6(9,10)14-3-1-2-4-14/h1-5H. The van der Waals surface area contributed by atoms with Gasteiger partial charge in [-0.15, -0.1) is 13.2 Å². The Bertz CT molecular complexity index is 306. The van der Waals surface area contributed by atoms with Crippen LogP contribution in [-0.4, -0.2) is 17.3 Å². The maximum absolute atomic E-state index is 12.9. The number of aromatic nitrogens is 1. The van der Waals surface area contributed by atoms with Crippen molar-refractivity contribution in [2.45, 2.75) is 18.8 Å². The molecule has 0 aliphatic rings. The van der Waals surface area contributed by atoms with Crippen LogP contribution in [0.2, 0.25) is 0 Å². The van der Waals surface area contributed by atoms with Crippen LogP contribution in [0.4, 0.5) is 26.3 Å². The van der Waals surface area contributed by atoms with E-state index < -0.39 is 18.8 Å². The highest BCUT2D eigenvalue weighted by atomic mass is 19.4. The molecule has 0 saturated carbocycles. The minimum absolute atomic E-state index is 0.0105. The third-order valence-electron chi connectivity index (χ3n) is 1.46. The van der Waals surface area contributed by atoms with Gasteiger partial charge in [-0.2, -0.15) is 8.78 Å². The SMILES string of the molecule is FC(OC(F)(F)F)C(F)(F)n1cccc1. The third-order valence-corrected chi connectivity index (χ3v) is 1.46. The van der Waals surface area contributed by atoms with E-state index in [1.807, 2.05) is 0 Å². The first-order valence-corrected chi connectivity index (χ1v) is 3.63. The molecule has 15 heavy (non-hydrogen) atoms. The average molecular weight is 233 g/mol. The lowest BCUT2D eigenvalue weighted by molar-refractivity contribution is -0.399. The van der Waals surface area contributed by atoms with Crippen LogP contribution in [0.5, 0.6) is 0 Å². The van der Waals surface area contributed by atoms with Crippen LogP contribution in [0.15, 0.2) is 24.5 Å². The van der Waals surface area contributed by atoms with Crippen molar-refractivity contribution in [2.75, 3.05) is 0 Å². The monoisotopic (exact) mass is 233 g/mol. The number of ether oxygens (including phenoxy) is 1. The molecule has 0 bridgehead atoms. The van der Waals surface area contributed by atoms with Crippen molar-refractivity contribution in [2.24, 2.45) is 0 Å². The van der Waals surface area contributed by atoms with Crippen molar-refractivity contribution in [3.63, 3.8) is 0 Å². The Morgan fingerprint density at radius 3 is 1.87 bits per heavy atom. The molecule has 0 fully saturated rings. The lowest BCUT2D eigenvalue weighted by Crippen LogP contribution is -2.38. The molecule has 0 radical (unpaired) electrons. The summed E-state index contributed by atoms with van der Waals surface area (Å²) in [6.45, 7) is 0. The molecule has 0 aliphatic carbocycles. The van der Waals surface area contributed by atoms with Crippen molar-refractivity contribution < 1.29 is 31.1 Å². The van der Waals surface area contributed by atoms with Crippen LogP contribution in [-0.2, 0) is 10.8 Å². The number of halogens is 6. The van der Waals surface area contributed by atoms with Crippen LogP contribution < -0.4 is 0 Å². The predicted molar refractivity (Wildman–Crippen MR) is 36.7 cm³/mol. The van der Waals surface area contributed by atoms with E-state index in [0.29, 0.717) is 0 Å². The molecular formula is C7H5F6NO. The van der Waals surface area contributed by atoms with Gasteiger partial charge in [0.2, 0.25) is 0 Å². The van der Waals surface area contributed by atoms with Crippen LogP contribution in [0.3, 0.4) is 0 Å². The third kappa shape index (κ3) is 2.88. The van der Waals surface area contributed by atoms with E-state index in [9.17, 15) is 26.3 Å². The summed E-state index contributed by atoms with van der Waals surface area (Å²) in [5.74, 6) is 0. The molecule has 86 valence electrons. The fraction of sp³-hybridized carbons (Fsp3) is 0.429. The largest absolute Gasteiger partial charge is 0.525 e. The summed E-state index contributed by atoms with van der Waals surface area (Å²) in [5.41, 5.74) is 0. The molecule has 1 heterocycles. The highest BCUT2D eigenvalue weighted by Gasteiger charge is 2.49. The lowest BCUT2D eigenvalue weighted by atomic mass is 10.5. The fourth-order valence-corrected chi connectivity index (χ4v) is 0.839. The number of rotatable bonds is 3. The summed E-state index contributed by atoms with van der Waals surface area (Å²) < 4.78 is 75.3. The van der Waals surface area contributed by atoms with Gasteiger partial charge in [0, 0.05) is 12.4 Å². The second kappa shape index (κ2) is 3.76. The molecule has 2 nitrogen and oxygen atoms in total. The first kappa shape index (κ1) is 11.9. The van der Waals surface area contributed by atoms with Gasteiger partial charge in [-0.05, 0) is 12.1 Å². The minimum atomic E-state index is -5.45. The molecule has 0 N–H and O–H groups in total. The first-order chi connectivity index (χ1) is 6.73. The maximum atomic E-state index is 12.9. The van der Waals surface area contributed by atoms with E-state index in [1.165, 1.54) is 0 Å². The van der Waals surface area contributed by atoms with E-state index >= 15 is 0 Å². The number of alkyl halides is 6. The molecule has 0 saturated heterocycles. The molecule has 0 aromatic carbocycles. The highest BCUT2D eigenvalue weighted by Crippen LogP contribution is 2.32. The molecule has 0 aliphatic heterocycles. The van der Waals surface area contributed by atoms with Gasteiger partial charge in [-0.25, -0.2) is 9.13 Å². The molecular weight excluding hydrogens is 228 g/mol. The van der Waals surface area contributed by atoms with E-state index in [4.69, 9.17) is 0 Å². The van der Waals surface area contributed by atoms with Gasteiger partial charge in [-0.1, -0.05) is 0 Å². The van der Waals surface area contributed by atoms with Crippen molar-refractivity contribution in [3.05, 3.63) is 24.5 Å². The quantitative estimate of drug-likeness (QED) is 0.732. The highest BCUT2D eigenvalue weighted by molar-refractivity contribution is 4.93. The molecule has 1 aromatic rings. The summed E-state index contributed by atoms with van der Waals surface area (Å²) >= 11 is 0. The summed E-state index contributed by atoms with van der Waals surface area (Å²) in [6, 6.07) is -2.17. The van der Waals surface area contributed by atoms with Crippen LogP contribution in [0.25, 0.3) is 0 Å². The molecule has 8 heteroatoms. The Morgan fingerprint density at radius 2 is 1.47 bits per heavy atom. The van der Waals surface area contributed by atoms with Crippen LogP contribution >= 0.6 is 0 Å². The molecule has 1 rings (SSSR count). The lowest BCUT2D eigenvalue weighted by Gasteiger charge is -2.22. The summed E-state index contributed by atoms with van der Waals surface area (Å²) in [7, 11) is 0. The summed E-state index contributed by atoms with van der Waals surface area (Å²) in [6.07, 6.45) is -7.78. The summed E-state index contributed by atoms with van der Waals surface area (Å²) in [4.78, 5) is 0. The molecule has 1 aromatic heterocycles. The van der Waals surface area contributed by atoms with Crippen molar-refractivity contribution in [1.29, 1.82) is 0 Å². The molecule has 0 spiro atoms. The average Bonchev–Trinajstić information content (AvgIpc) is 2.52. The van der Waals surface area contributed by atoms with E-state index in [1.54, 1.807) is 0 Å². The van der Waals surface area contributed by atoms with Crippen LogP contribution in [0.1, 0.15) is 0 Å². The molecule has 1 unspecified atom stereocenters. The van der Waals surface area contributed by atoms with Gasteiger partial charge >= 0.3 is 12.4 Å². The molecule has 1 atom stereocenters. The number of nitrogens with zero attached hydrogens (tertiary/aromatic N) is 1. The van der Waals surface area contributed by atoms with Crippen molar-refractivity contribution in [1.82, 2.24) is 4.57 Å². The van der Waals surface area contributed by atoms with E-state index in [2.05, 4.69) is 4.74 Å². The van der Waals surface area contributed by atoms with Gasteiger partial charge in [0.25, 0.3) is 6.36 Å². The fourth-order valence-electron chi connectivity index (χ4n) is 0.839. The Balaban J connectivity index is 2.78. The predicted octanol–water partition coefficient (Wildman–Crippen LogP) is 2.87. The van der Waals surface area contributed by atoms with Gasteiger partial charge in [0.1, 0.15) is 0 Å². The van der Waals surface area contributed by atoms with E-state index in [-0.39, 0.29) is 4.57 Å². The van der Waals surface area contributed by atoms with Gasteiger partial charge < -0.3 is 0 Å². The van der Waals surface area contributed by atoms with Crippen LogP contribution in [0, 0.1) is 0 Å². The van der Waals surface area contributed by atoms with Gasteiger partial charge in [0.05, 0.1) is 0 Å². The maximum Gasteiger partial charge on any atom is 0.525 e. The first-order valence-electron chi connectivity index (χ1n) is 3.63. The second-order valence-corrected chi connectivity index (χ2v) is 2.56. The Kier molecular flexibility index (Phi) is 2.98. The zero-order valence-corrected chi connectivity index (χ0v) is 7.01. The second-order valence-electron chi connectivity index (χ2n) is 2.56. The van der Waals surface area contributed by atoms with E-state index in [0.717, 1.165) is 24.5 Å². The molecule has 0 amide bonds. The summed E-state index contributed by atoms with van der Waals surface area (Å²) in [5, 5.41) is 0. The van der Waals surface area contributed by atoms with Crippen molar-refractivity contribution >= 4 is 0 Å². The van der Waals surface area contributed by atoms with Gasteiger partial charge in [0.15, 0.2) is 0 Å². The topological polar surface area (TPSA) is 14.2 Å². The van der Waals surface area contributed by atoms with Gasteiger partial charge in [-0.3, -0.25) is 4.57 Å². The minimum Gasteiger partial charge on any atom is -0.291 e. The Morgan fingerprint density at radius 1 is 1.00 bits per heavy atom. The Hall–Kier alpha value is -1.18. The van der Waals surface area contributed by atoms with Crippen molar-refractivity contribution in [3.8, 4) is 0 Å². The number of hydrogen-bond acceptors (Lipinski definition) is 1. The Labute approximate surface area is 80.1 Å².